The Bertz CT molecular complexity index is 596. The first kappa shape index (κ1) is 17.1. The van der Waals surface area contributed by atoms with Gasteiger partial charge in [0.15, 0.2) is 11.6 Å². The molecular weight excluding hydrogens is 424 g/mol. The van der Waals surface area contributed by atoms with Gasteiger partial charge in [0.25, 0.3) is 0 Å². The minimum Gasteiger partial charge on any atom is -0.309 e. The third-order valence-corrected chi connectivity index (χ3v) is 6.44. The standard InChI is InChI=1S/C15H15Br2F2NS/c1-2-5-20-13(14-8-10(16)15(17)21-14)7-9-3-4-11(18)12(19)6-9/h3-4,6,8,13,20H,2,5,7H2,1H3. The number of benzene rings is 1. The van der Waals surface area contributed by atoms with Crippen molar-refractivity contribution in [2.45, 2.75) is 25.8 Å². The van der Waals surface area contributed by atoms with Crippen molar-refractivity contribution in [3.8, 4) is 0 Å². The predicted octanol–water partition coefficient (Wildman–Crippen LogP) is 5.83. The Balaban J connectivity index is 2.21. The van der Waals surface area contributed by atoms with Crippen molar-refractivity contribution in [2.75, 3.05) is 6.54 Å². The first-order valence-corrected chi connectivity index (χ1v) is 9.03. The van der Waals surface area contributed by atoms with E-state index in [4.69, 9.17) is 0 Å². The number of rotatable bonds is 6. The molecule has 6 heteroatoms. The molecule has 0 aliphatic rings. The lowest BCUT2D eigenvalue weighted by molar-refractivity contribution is 0.501. The van der Waals surface area contributed by atoms with Gasteiger partial charge >= 0.3 is 0 Å². The zero-order valence-corrected chi connectivity index (χ0v) is 15.4. The maximum atomic E-state index is 13.3. The van der Waals surface area contributed by atoms with Crippen LogP contribution in [0.15, 0.2) is 32.5 Å². The van der Waals surface area contributed by atoms with Gasteiger partial charge in [-0.3, -0.25) is 0 Å². The highest BCUT2D eigenvalue weighted by atomic mass is 79.9. The molecule has 0 spiro atoms. The SMILES string of the molecule is CCCNC(Cc1ccc(F)c(F)c1)c1cc(Br)c(Br)s1. The van der Waals surface area contributed by atoms with Crippen molar-refractivity contribution in [2.24, 2.45) is 0 Å². The van der Waals surface area contributed by atoms with Crippen molar-refractivity contribution >= 4 is 43.2 Å². The van der Waals surface area contributed by atoms with Gasteiger partial charge in [0, 0.05) is 15.4 Å². The second-order valence-electron chi connectivity index (χ2n) is 4.73. The molecule has 0 aliphatic carbocycles. The average Bonchev–Trinajstić information content (AvgIpc) is 2.78. The fourth-order valence-corrected chi connectivity index (χ4v) is 4.19. The van der Waals surface area contributed by atoms with Crippen LogP contribution in [-0.2, 0) is 6.42 Å². The van der Waals surface area contributed by atoms with E-state index in [1.807, 2.05) is 0 Å². The maximum absolute atomic E-state index is 13.3. The fraction of sp³-hybridized carbons (Fsp3) is 0.333. The summed E-state index contributed by atoms with van der Waals surface area (Å²) in [5.41, 5.74) is 0.781. The summed E-state index contributed by atoms with van der Waals surface area (Å²) < 4.78 is 28.4. The first-order chi connectivity index (χ1) is 10.0. The Morgan fingerprint density at radius 2 is 1.95 bits per heavy atom. The molecule has 1 nitrogen and oxygen atoms in total. The molecule has 0 radical (unpaired) electrons. The molecule has 1 heterocycles. The molecule has 0 bridgehead atoms. The van der Waals surface area contributed by atoms with Gasteiger partial charge in [0.05, 0.1) is 3.79 Å². The van der Waals surface area contributed by atoms with Crippen molar-refractivity contribution in [1.82, 2.24) is 5.32 Å². The van der Waals surface area contributed by atoms with Crippen LogP contribution in [0.4, 0.5) is 8.78 Å². The van der Waals surface area contributed by atoms with E-state index in [1.165, 1.54) is 12.1 Å². The molecule has 2 rings (SSSR count). The van der Waals surface area contributed by atoms with Gasteiger partial charge in [-0.05, 0) is 75.0 Å². The van der Waals surface area contributed by atoms with Crippen molar-refractivity contribution in [1.29, 1.82) is 0 Å². The van der Waals surface area contributed by atoms with Crippen LogP contribution in [-0.4, -0.2) is 6.54 Å². The molecule has 1 unspecified atom stereocenters. The van der Waals surface area contributed by atoms with E-state index in [-0.39, 0.29) is 6.04 Å². The molecule has 21 heavy (non-hydrogen) atoms. The number of thiophene rings is 1. The molecule has 0 saturated heterocycles. The Hall–Kier alpha value is -0.300. The van der Waals surface area contributed by atoms with Crippen LogP contribution < -0.4 is 5.32 Å². The summed E-state index contributed by atoms with van der Waals surface area (Å²) in [4.78, 5) is 1.16. The highest BCUT2D eigenvalue weighted by Gasteiger charge is 2.16. The fourth-order valence-electron chi connectivity index (χ4n) is 2.03. The van der Waals surface area contributed by atoms with E-state index in [2.05, 4.69) is 50.2 Å². The second-order valence-corrected chi connectivity index (χ2v) is 7.99. The molecule has 1 aromatic carbocycles. The van der Waals surface area contributed by atoms with E-state index in [0.29, 0.717) is 6.42 Å². The second kappa shape index (κ2) is 7.81. The summed E-state index contributed by atoms with van der Waals surface area (Å²) in [5, 5.41) is 3.46. The lowest BCUT2D eigenvalue weighted by Gasteiger charge is -2.17. The van der Waals surface area contributed by atoms with Crippen LogP contribution in [0.5, 0.6) is 0 Å². The van der Waals surface area contributed by atoms with E-state index in [0.717, 1.165) is 31.7 Å². The molecule has 1 aromatic heterocycles. The Kier molecular flexibility index (Phi) is 6.34. The van der Waals surface area contributed by atoms with Gasteiger partial charge in [0.1, 0.15) is 0 Å². The van der Waals surface area contributed by atoms with Crippen molar-refractivity contribution in [3.05, 3.63) is 54.6 Å². The summed E-state index contributed by atoms with van der Waals surface area (Å²) in [7, 11) is 0. The summed E-state index contributed by atoms with van der Waals surface area (Å²) >= 11 is 8.62. The third-order valence-electron chi connectivity index (χ3n) is 3.07. The van der Waals surface area contributed by atoms with Gasteiger partial charge in [-0.1, -0.05) is 13.0 Å². The zero-order chi connectivity index (χ0) is 15.4. The lowest BCUT2D eigenvalue weighted by Crippen LogP contribution is -2.23. The molecule has 0 saturated carbocycles. The topological polar surface area (TPSA) is 12.0 Å². The van der Waals surface area contributed by atoms with Crippen LogP contribution in [0.2, 0.25) is 0 Å². The number of hydrogen-bond donors (Lipinski definition) is 1. The Labute approximate surface area is 144 Å². The molecule has 0 fully saturated rings. The van der Waals surface area contributed by atoms with Gasteiger partial charge in [-0.15, -0.1) is 11.3 Å². The average molecular weight is 439 g/mol. The summed E-state index contributed by atoms with van der Waals surface area (Å²) in [6.07, 6.45) is 1.64. The Morgan fingerprint density at radius 3 is 2.52 bits per heavy atom. The van der Waals surface area contributed by atoms with E-state index < -0.39 is 11.6 Å². The number of hydrogen-bond acceptors (Lipinski definition) is 2. The third kappa shape index (κ3) is 4.58. The minimum absolute atomic E-state index is 0.0856. The molecule has 1 N–H and O–H groups in total. The number of nitrogens with one attached hydrogen (secondary N) is 1. The Morgan fingerprint density at radius 1 is 1.19 bits per heavy atom. The van der Waals surface area contributed by atoms with Crippen LogP contribution in [0.25, 0.3) is 0 Å². The normalized spacial score (nSPS) is 12.6. The maximum Gasteiger partial charge on any atom is 0.159 e. The largest absolute Gasteiger partial charge is 0.309 e. The molecule has 114 valence electrons. The minimum atomic E-state index is -0.807. The van der Waals surface area contributed by atoms with Crippen molar-refractivity contribution < 1.29 is 8.78 Å². The summed E-state index contributed by atoms with van der Waals surface area (Å²) in [6, 6.07) is 6.23. The molecule has 2 aromatic rings. The molecule has 0 amide bonds. The van der Waals surface area contributed by atoms with Crippen LogP contribution in [0.3, 0.4) is 0 Å². The van der Waals surface area contributed by atoms with Gasteiger partial charge in [0.2, 0.25) is 0 Å². The van der Waals surface area contributed by atoms with Crippen LogP contribution in [0.1, 0.15) is 29.8 Å². The highest BCUT2D eigenvalue weighted by Crippen LogP contribution is 2.36. The highest BCUT2D eigenvalue weighted by molar-refractivity contribution is 9.13. The van der Waals surface area contributed by atoms with Crippen molar-refractivity contribution in [3.63, 3.8) is 0 Å². The van der Waals surface area contributed by atoms with Gasteiger partial charge in [-0.25, -0.2) is 8.78 Å². The predicted molar refractivity (Wildman–Crippen MR) is 90.8 cm³/mol. The van der Waals surface area contributed by atoms with E-state index in [9.17, 15) is 8.78 Å². The smallest absolute Gasteiger partial charge is 0.159 e. The monoisotopic (exact) mass is 437 g/mol. The lowest BCUT2D eigenvalue weighted by atomic mass is 10.0. The van der Waals surface area contributed by atoms with Gasteiger partial charge < -0.3 is 5.32 Å². The van der Waals surface area contributed by atoms with Gasteiger partial charge in [-0.2, -0.15) is 0 Å². The first-order valence-electron chi connectivity index (χ1n) is 6.63. The molecule has 1 atom stereocenters. The van der Waals surface area contributed by atoms with E-state index >= 15 is 0 Å². The quantitative estimate of drug-likeness (QED) is 0.597. The molecule has 0 aliphatic heterocycles. The summed E-state index contributed by atoms with van der Waals surface area (Å²) in [6.45, 7) is 2.98. The summed E-state index contributed by atoms with van der Waals surface area (Å²) in [5.74, 6) is -1.60. The van der Waals surface area contributed by atoms with Crippen LogP contribution >= 0.6 is 43.2 Å². The molecular formula is C15H15Br2F2NS. The number of halogens is 4. The van der Waals surface area contributed by atoms with E-state index in [1.54, 1.807) is 17.4 Å². The zero-order valence-electron chi connectivity index (χ0n) is 11.4. The van der Waals surface area contributed by atoms with Crippen LogP contribution in [0, 0.1) is 11.6 Å².